The van der Waals surface area contributed by atoms with Gasteiger partial charge < -0.3 is 10.4 Å². The van der Waals surface area contributed by atoms with Crippen molar-refractivity contribution in [1.29, 1.82) is 0 Å². The molecule has 20 heavy (non-hydrogen) atoms. The van der Waals surface area contributed by atoms with Gasteiger partial charge in [-0.2, -0.15) is 0 Å². The highest BCUT2D eigenvalue weighted by Crippen LogP contribution is 2.19. The maximum atomic E-state index is 12.7. The van der Waals surface area contributed by atoms with Crippen molar-refractivity contribution >= 4 is 11.5 Å². The molecule has 0 aromatic heterocycles. The highest BCUT2D eigenvalue weighted by Gasteiger charge is 2.01. The number of ketones is 1. The molecule has 0 saturated heterocycles. The Morgan fingerprint density at radius 1 is 1.20 bits per heavy atom. The monoisotopic (exact) mass is 271 g/mol. The summed E-state index contributed by atoms with van der Waals surface area (Å²) in [6.07, 6.45) is 2.89. The predicted molar refractivity (Wildman–Crippen MR) is 76.3 cm³/mol. The van der Waals surface area contributed by atoms with Crippen molar-refractivity contribution in [2.24, 2.45) is 0 Å². The minimum atomic E-state index is -0.372. The Balaban J connectivity index is 2.02. The first-order valence-electron chi connectivity index (χ1n) is 6.09. The summed E-state index contributed by atoms with van der Waals surface area (Å²) in [5.41, 5.74) is 2.08. The highest BCUT2D eigenvalue weighted by molar-refractivity contribution is 6.04. The van der Waals surface area contributed by atoms with E-state index in [2.05, 4.69) is 5.32 Å². The number of anilines is 1. The second kappa shape index (κ2) is 6.02. The second-order valence-electron chi connectivity index (χ2n) is 4.35. The molecule has 2 rings (SSSR count). The number of aromatic hydroxyl groups is 1. The molecule has 0 fully saturated rings. The number of phenols is 1. The molecule has 0 heterocycles. The summed E-state index contributed by atoms with van der Waals surface area (Å²) in [6, 6.07) is 10.3. The number of carbonyl (C=O) groups is 1. The van der Waals surface area contributed by atoms with Crippen molar-refractivity contribution in [3.8, 4) is 5.75 Å². The number of allylic oxidation sites excluding steroid dienone is 1. The van der Waals surface area contributed by atoms with Crippen LogP contribution in [0, 0.1) is 12.7 Å². The zero-order valence-electron chi connectivity index (χ0n) is 10.9. The Morgan fingerprint density at radius 2 is 1.90 bits per heavy atom. The van der Waals surface area contributed by atoms with Gasteiger partial charge in [-0.15, -0.1) is 0 Å². The van der Waals surface area contributed by atoms with Crippen LogP contribution in [0.25, 0.3) is 0 Å². The van der Waals surface area contributed by atoms with Crippen LogP contribution in [-0.2, 0) is 0 Å². The summed E-state index contributed by atoms with van der Waals surface area (Å²) in [5.74, 6) is -0.392. The third-order valence-corrected chi connectivity index (χ3v) is 2.81. The lowest BCUT2D eigenvalue weighted by Gasteiger charge is -2.05. The van der Waals surface area contributed by atoms with E-state index < -0.39 is 0 Å². The minimum absolute atomic E-state index is 0.194. The molecule has 102 valence electrons. The van der Waals surface area contributed by atoms with Gasteiger partial charge in [0.2, 0.25) is 0 Å². The summed E-state index contributed by atoms with van der Waals surface area (Å²) >= 11 is 0. The number of hydrogen-bond acceptors (Lipinski definition) is 3. The first-order chi connectivity index (χ1) is 9.56. The summed E-state index contributed by atoms with van der Waals surface area (Å²) in [6.45, 7) is 1.84. The van der Waals surface area contributed by atoms with E-state index >= 15 is 0 Å². The predicted octanol–water partition coefficient (Wildman–Crippen LogP) is 3.65. The normalized spacial score (nSPS) is 10.7. The lowest BCUT2D eigenvalue weighted by atomic mass is 10.1. The third kappa shape index (κ3) is 3.45. The first-order valence-corrected chi connectivity index (χ1v) is 6.09. The Morgan fingerprint density at radius 3 is 2.55 bits per heavy atom. The Hall–Kier alpha value is -2.62. The number of hydrogen-bond donors (Lipinski definition) is 2. The van der Waals surface area contributed by atoms with Gasteiger partial charge in [-0.25, -0.2) is 4.39 Å². The zero-order valence-corrected chi connectivity index (χ0v) is 10.9. The molecular formula is C16H14FNO2. The fourth-order valence-electron chi connectivity index (χ4n) is 1.73. The average Bonchev–Trinajstić information content (AvgIpc) is 2.42. The number of benzene rings is 2. The molecule has 0 aliphatic rings. The van der Waals surface area contributed by atoms with Gasteiger partial charge in [0, 0.05) is 23.5 Å². The van der Waals surface area contributed by atoms with Crippen molar-refractivity contribution in [1.82, 2.24) is 0 Å². The molecule has 2 aromatic rings. The molecule has 0 bridgehead atoms. The summed E-state index contributed by atoms with van der Waals surface area (Å²) < 4.78 is 12.7. The molecule has 0 radical (unpaired) electrons. The molecule has 0 aliphatic heterocycles. The number of aryl methyl sites for hydroxylation is 1. The standard InChI is InChI=1S/C16H14FNO2/c1-11-10-14(19)6-7-15(11)18-9-8-16(20)12-2-4-13(17)5-3-12/h2-10,18-19H,1H3. The fraction of sp³-hybridized carbons (Fsp3) is 0.0625. The van der Waals surface area contributed by atoms with Gasteiger partial charge in [0.15, 0.2) is 5.78 Å². The van der Waals surface area contributed by atoms with E-state index in [0.717, 1.165) is 11.3 Å². The van der Waals surface area contributed by atoms with Crippen LogP contribution in [0.5, 0.6) is 5.75 Å². The van der Waals surface area contributed by atoms with Crippen LogP contribution < -0.4 is 5.32 Å². The lowest BCUT2D eigenvalue weighted by molar-refractivity contribution is 0.104. The quantitative estimate of drug-likeness (QED) is 0.507. The lowest BCUT2D eigenvalue weighted by Crippen LogP contribution is -1.97. The molecule has 0 spiro atoms. The molecule has 0 amide bonds. The van der Waals surface area contributed by atoms with Crippen molar-refractivity contribution in [2.75, 3.05) is 5.32 Å². The van der Waals surface area contributed by atoms with E-state index in [1.54, 1.807) is 18.2 Å². The van der Waals surface area contributed by atoms with Crippen molar-refractivity contribution in [3.63, 3.8) is 0 Å². The van der Waals surface area contributed by atoms with E-state index in [1.165, 1.54) is 36.5 Å². The third-order valence-electron chi connectivity index (χ3n) is 2.81. The molecule has 3 nitrogen and oxygen atoms in total. The fourth-order valence-corrected chi connectivity index (χ4v) is 1.73. The molecule has 0 aliphatic carbocycles. The zero-order chi connectivity index (χ0) is 14.5. The smallest absolute Gasteiger partial charge is 0.187 e. The van der Waals surface area contributed by atoms with Gasteiger partial charge in [-0.05, 0) is 55.0 Å². The largest absolute Gasteiger partial charge is 0.508 e. The van der Waals surface area contributed by atoms with Crippen molar-refractivity contribution in [3.05, 3.63) is 71.7 Å². The Kier molecular flexibility index (Phi) is 4.15. The molecule has 2 aromatic carbocycles. The van der Waals surface area contributed by atoms with E-state index in [4.69, 9.17) is 0 Å². The van der Waals surface area contributed by atoms with Crippen LogP contribution in [0.4, 0.5) is 10.1 Å². The van der Waals surface area contributed by atoms with Crippen LogP contribution >= 0.6 is 0 Å². The average molecular weight is 271 g/mol. The van der Waals surface area contributed by atoms with Crippen LogP contribution in [0.3, 0.4) is 0 Å². The van der Waals surface area contributed by atoms with Gasteiger partial charge in [-0.1, -0.05) is 0 Å². The maximum Gasteiger partial charge on any atom is 0.187 e. The van der Waals surface area contributed by atoms with Crippen molar-refractivity contribution < 1.29 is 14.3 Å². The maximum absolute atomic E-state index is 12.7. The summed E-state index contributed by atoms with van der Waals surface area (Å²) in [7, 11) is 0. The van der Waals surface area contributed by atoms with Crippen LogP contribution in [0.15, 0.2) is 54.7 Å². The topological polar surface area (TPSA) is 49.3 Å². The van der Waals surface area contributed by atoms with Gasteiger partial charge in [0.25, 0.3) is 0 Å². The van der Waals surface area contributed by atoms with Crippen LogP contribution in [0.1, 0.15) is 15.9 Å². The first kappa shape index (κ1) is 13.8. The molecule has 0 saturated carbocycles. The van der Waals surface area contributed by atoms with E-state index in [-0.39, 0.29) is 17.3 Å². The number of nitrogens with one attached hydrogen (secondary N) is 1. The highest BCUT2D eigenvalue weighted by atomic mass is 19.1. The Bertz CT molecular complexity index is 648. The molecule has 2 N–H and O–H groups in total. The van der Waals surface area contributed by atoms with Crippen molar-refractivity contribution in [2.45, 2.75) is 6.92 Å². The van der Waals surface area contributed by atoms with E-state index in [1.807, 2.05) is 6.92 Å². The second-order valence-corrected chi connectivity index (χ2v) is 4.35. The van der Waals surface area contributed by atoms with Gasteiger partial charge >= 0.3 is 0 Å². The summed E-state index contributed by atoms with van der Waals surface area (Å²) in [5, 5.41) is 12.3. The van der Waals surface area contributed by atoms with Gasteiger partial charge in [0.05, 0.1) is 0 Å². The van der Waals surface area contributed by atoms with Gasteiger partial charge in [-0.3, -0.25) is 4.79 Å². The molecule has 4 heteroatoms. The summed E-state index contributed by atoms with van der Waals surface area (Å²) in [4.78, 5) is 11.8. The Labute approximate surface area is 116 Å². The number of halogens is 1. The van der Waals surface area contributed by atoms with Crippen LogP contribution in [-0.4, -0.2) is 10.9 Å². The van der Waals surface area contributed by atoms with E-state index in [9.17, 15) is 14.3 Å². The molecular weight excluding hydrogens is 257 g/mol. The van der Waals surface area contributed by atoms with E-state index in [0.29, 0.717) is 5.56 Å². The SMILES string of the molecule is Cc1cc(O)ccc1NC=CC(=O)c1ccc(F)cc1. The van der Waals surface area contributed by atoms with Gasteiger partial charge in [0.1, 0.15) is 11.6 Å². The molecule has 0 unspecified atom stereocenters. The number of carbonyl (C=O) groups excluding carboxylic acids is 1. The number of phenolic OH excluding ortho intramolecular Hbond substituents is 1. The van der Waals surface area contributed by atoms with Crippen LogP contribution in [0.2, 0.25) is 0 Å². The number of rotatable bonds is 4. The molecule has 0 atom stereocenters. The minimum Gasteiger partial charge on any atom is -0.508 e.